The van der Waals surface area contributed by atoms with E-state index in [0.29, 0.717) is 38.9 Å². The van der Waals surface area contributed by atoms with Crippen molar-refractivity contribution >= 4 is 34.0 Å². The highest BCUT2D eigenvalue weighted by atomic mass is 32.2. The smallest absolute Gasteiger partial charge is 0.408 e. The maximum atomic E-state index is 13.8. The van der Waals surface area contributed by atoms with Crippen molar-refractivity contribution in [3.8, 4) is 0 Å². The van der Waals surface area contributed by atoms with E-state index >= 15 is 0 Å². The molecule has 0 aromatic carbocycles. The molecule has 3 N–H and O–H groups in total. The first-order chi connectivity index (χ1) is 19.2. The minimum atomic E-state index is -4.03. The fraction of sp³-hybridized carbons (Fsp3) is 0.786. The summed E-state index contributed by atoms with van der Waals surface area (Å²) in [7, 11) is -4.03. The van der Waals surface area contributed by atoms with E-state index in [4.69, 9.17) is 4.74 Å². The van der Waals surface area contributed by atoms with Crippen LogP contribution < -0.4 is 15.4 Å². The maximum absolute atomic E-state index is 13.8. The van der Waals surface area contributed by atoms with Gasteiger partial charge in [-0.3, -0.25) is 14.4 Å². The zero-order valence-electron chi connectivity index (χ0n) is 24.6. The largest absolute Gasteiger partial charge is 0.444 e. The third kappa shape index (κ3) is 7.59. The molecule has 0 spiro atoms. The molecular weight excluding hydrogens is 550 g/mol. The third-order valence-corrected chi connectivity index (χ3v) is 9.70. The minimum Gasteiger partial charge on any atom is -0.444 e. The summed E-state index contributed by atoms with van der Waals surface area (Å²) in [5.41, 5.74) is -2.14. The van der Waals surface area contributed by atoms with Crippen LogP contribution in [0.5, 0.6) is 0 Å². The van der Waals surface area contributed by atoms with Crippen molar-refractivity contribution in [2.45, 2.75) is 109 Å². The van der Waals surface area contributed by atoms with E-state index in [-0.39, 0.29) is 24.2 Å². The molecule has 4 aliphatic rings. The number of nitrogens with zero attached hydrogens (tertiary/aromatic N) is 2. The average Bonchev–Trinajstić information content (AvgIpc) is 3.21. The first kappa shape index (κ1) is 31.3. The number of hydrogen-bond donors (Lipinski definition) is 3. The summed E-state index contributed by atoms with van der Waals surface area (Å²) in [6.07, 6.45) is 8.79. The number of rotatable bonds is 4. The Labute approximate surface area is 243 Å². The van der Waals surface area contributed by atoms with Crippen LogP contribution in [0.2, 0.25) is 0 Å². The van der Waals surface area contributed by atoms with Gasteiger partial charge in [-0.1, -0.05) is 31.9 Å². The monoisotopic (exact) mass is 595 g/mol. The third-order valence-electron chi connectivity index (χ3n) is 8.21. The average molecular weight is 596 g/mol. The molecule has 2 saturated heterocycles. The number of alkyl carbamates (subject to hydrolysis) is 1. The lowest BCUT2D eigenvalue weighted by molar-refractivity contribution is -0.141. The highest BCUT2D eigenvalue weighted by Gasteiger charge is 2.61. The quantitative estimate of drug-likeness (QED) is 0.420. The fourth-order valence-corrected chi connectivity index (χ4v) is 7.26. The van der Waals surface area contributed by atoms with E-state index in [1.807, 2.05) is 19.1 Å². The van der Waals surface area contributed by atoms with Crippen molar-refractivity contribution in [1.82, 2.24) is 24.6 Å². The Kier molecular flexibility index (Phi) is 9.37. The molecule has 4 rings (SSSR count). The molecule has 0 bridgehead atoms. The summed E-state index contributed by atoms with van der Waals surface area (Å²) in [5, 5.41) is 5.58. The second-order valence-corrected chi connectivity index (χ2v) is 14.6. The van der Waals surface area contributed by atoms with Crippen molar-refractivity contribution in [3.05, 3.63) is 12.2 Å². The van der Waals surface area contributed by atoms with Crippen LogP contribution in [0.4, 0.5) is 4.79 Å². The number of nitrogens with one attached hydrogen (secondary N) is 3. The first-order valence-electron chi connectivity index (χ1n) is 14.8. The van der Waals surface area contributed by atoms with Gasteiger partial charge < -0.3 is 20.3 Å². The number of fused-ring (bicyclic) bond motifs is 2. The van der Waals surface area contributed by atoms with Crippen LogP contribution in [0.1, 0.15) is 85.5 Å². The SMILES string of the molecule is C[C@@H]1C[C@H]2C(=O)N[C@]3(C(=O)NS(=O)(=O)N4CCCC4)C[C@H]3/C=C\CCCCC[C@H](NC(=O)OC(C)(C)C)C(=O)N2C1. The summed E-state index contributed by atoms with van der Waals surface area (Å²) in [6, 6.07) is -1.71. The number of amides is 4. The molecule has 0 unspecified atom stereocenters. The van der Waals surface area contributed by atoms with Gasteiger partial charge in [-0.2, -0.15) is 12.7 Å². The van der Waals surface area contributed by atoms with Crippen LogP contribution >= 0.6 is 0 Å². The second kappa shape index (κ2) is 12.3. The van der Waals surface area contributed by atoms with Gasteiger partial charge in [-0.25, -0.2) is 9.52 Å². The molecule has 0 aromatic heterocycles. The highest BCUT2D eigenvalue weighted by Crippen LogP contribution is 2.46. The predicted molar refractivity (Wildman–Crippen MR) is 152 cm³/mol. The topological polar surface area (TPSA) is 154 Å². The van der Waals surface area contributed by atoms with Gasteiger partial charge in [-0.05, 0) is 71.6 Å². The number of carbonyl (C=O) groups is 4. The zero-order chi connectivity index (χ0) is 30.0. The molecular formula is C28H45N5O7S. The number of carbonyl (C=O) groups excluding carboxylic acids is 4. The normalized spacial score (nSPS) is 32.5. The van der Waals surface area contributed by atoms with Crippen molar-refractivity contribution < 1.29 is 32.3 Å². The lowest BCUT2D eigenvalue weighted by Crippen LogP contribution is -2.59. The molecule has 230 valence electrons. The summed E-state index contributed by atoms with van der Waals surface area (Å²) >= 11 is 0. The molecule has 0 radical (unpaired) electrons. The first-order valence-corrected chi connectivity index (χ1v) is 16.3. The summed E-state index contributed by atoms with van der Waals surface area (Å²) < 4.78 is 34.6. The number of allylic oxidation sites excluding steroid dienone is 1. The van der Waals surface area contributed by atoms with E-state index in [2.05, 4.69) is 15.4 Å². The number of hydrogen-bond acceptors (Lipinski definition) is 7. The minimum absolute atomic E-state index is 0.0194. The van der Waals surface area contributed by atoms with Gasteiger partial charge in [0.15, 0.2) is 0 Å². The second-order valence-electron chi connectivity index (χ2n) is 12.9. The summed E-state index contributed by atoms with van der Waals surface area (Å²) in [5.74, 6) is -1.96. The van der Waals surface area contributed by atoms with E-state index in [1.54, 1.807) is 20.8 Å². The zero-order valence-corrected chi connectivity index (χ0v) is 25.4. The molecule has 41 heavy (non-hydrogen) atoms. The maximum Gasteiger partial charge on any atom is 0.408 e. The van der Waals surface area contributed by atoms with Gasteiger partial charge in [0.1, 0.15) is 23.2 Å². The van der Waals surface area contributed by atoms with Crippen molar-refractivity contribution in [2.24, 2.45) is 11.8 Å². The molecule has 3 fully saturated rings. The number of ether oxygens (including phenoxy) is 1. The molecule has 12 nitrogen and oxygen atoms in total. The summed E-state index contributed by atoms with van der Waals surface area (Å²) in [6.45, 7) is 8.20. The molecule has 3 heterocycles. The Balaban J connectivity index is 1.56. The fourth-order valence-electron chi connectivity index (χ4n) is 5.98. The van der Waals surface area contributed by atoms with Crippen LogP contribution in [-0.4, -0.2) is 84.3 Å². The Morgan fingerprint density at radius 2 is 1.80 bits per heavy atom. The molecule has 13 heteroatoms. The Hall–Kier alpha value is -2.67. The van der Waals surface area contributed by atoms with Gasteiger partial charge in [0.2, 0.25) is 11.8 Å². The highest BCUT2D eigenvalue weighted by molar-refractivity contribution is 7.87. The molecule has 3 aliphatic heterocycles. The van der Waals surface area contributed by atoms with E-state index < -0.39 is 51.3 Å². The van der Waals surface area contributed by atoms with Crippen molar-refractivity contribution in [1.29, 1.82) is 0 Å². The lowest BCUT2D eigenvalue weighted by atomic mass is 10.0. The molecule has 1 saturated carbocycles. The van der Waals surface area contributed by atoms with Gasteiger partial charge in [0, 0.05) is 25.6 Å². The van der Waals surface area contributed by atoms with Crippen LogP contribution in [-0.2, 0) is 29.3 Å². The molecule has 0 aromatic rings. The van der Waals surface area contributed by atoms with Gasteiger partial charge in [0.05, 0.1) is 0 Å². The van der Waals surface area contributed by atoms with Gasteiger partial charge >= 0.3 is 16.3 Å². The standard InChI is InChI=1S/C28H45N5O7S/c1-19-16-22-23(34)30-28(25(36)31-41(38,39)32-14-10-11-15-32)17-20(28)12-8-6-5-7-9-13-21(24(35)33(22)18-19)29-26(37)40-27(2,3)4/h8,12,19-22H,5-7,9-11,13-18H2,1-4H3,(H,29,37)(H,30,34)(H,31,36)/b12-8-/t19-,20-,21+,22+,28-/m1/s1. The van der Waals surface area contributed by atoms with Gasteiger partial charge in [-0.15, -0.1) is 0 Å². The molecule has 4 amide bonds. The van der Waals surface area contributed by atoms with Crippen LogP contribution in [0.25, 0.3) is 0 Å². The van der Waals surface area contributed by atoms with Crippen molar-refractivity contribution in [3.63, 3.8) is 0 Å². The Morgan fingerprint density at radius 1 is 1.10 bits per heavy atom. The van der Waals surface area contributed by atoms with E-state index in [9.17, 15) is 27.6 Å². The van der Waals surface area contributed by atoms with Crippen molar-refractivity contribution in [2.75, 3.05) is 19.6 Å². The van der Waals surface area contributed by atoms with Crippen LogP contribution in [0.15, 0.2) is 12.2 Å². The van der Waals surface area contributed by atoms with Crippen LogP contribution in [0, 0.1) is 11.8 Å². The van der Waals surface area contributed by atoms with Crippen LogP contribution in [0.3, 0.4) is 0 Å². The Bertz CT molecular complexity index is 1160. The molecule has 5 atom stereocenters. The summed E-state index contributed by atoms with van der Waals surface area (Å²) in [4.78, 5) is 55.1. The Morgan fingerprint density at radius 3 is 2.49 bits per heavy atom. The lowest BCUT2D eigenvalue weighted by Gasteiger charge is -2.30. The molecule has 1 aliphatic carbocycles. The van der Waals surface area contributed by atoms with E-state index in [0.717, 1.165) is 32.1 Å². The van der Waals surface area contributed by atoms with E-state index in [1.165, 1.54) is 9.21 Å². The predicted octanol–water partition coefficient (Wildman–Crippen LogP) is 1.97. The van der Waals surface area contributed by atoms with Gasteiger partial charge in [0.25, 0.3) is 5.91 Å².